The van der Waals surface area contributed by atoms with Crippen molar-refractivity contribution >= 4 is 54.3 Å². The van der Waals surface area contributed by atoms with Crippen LogP contribution in [0, 0.1) is 0 Å². The van der Waals surface area contributed by atoms with Gasteiger partial charge in [0.2, 0.25) is 0 Å². The highest BCUT2D eigenvalue weighted by Gasteiger charge is 2.20. The zero-order valence-corrected chi connectivity index (χ0v) is 26.6. The van der Waals surface area contributed by atoms with E-state index in [1.54, 1.807) is 0 Å². The lowest BCUT2D eigenvalue weighted by Gasteiger charge is -2.14. The zero-order valence-electron chi connectivity index (χ0n) is 26.6. The highest BCUT2D eigenvalue weighted by Crippen LogP contribution is 2.44. The van der Waals surface area contributed by atoms with Crippen LogP contribution in [0.1, 0.15) is 0 Å². The Morgan fingerprint density at radius 1 is 0.327 bits per heavy atom. The van der Waals surface area contributed by atoms with Gasteiger partial charge >= 0.3 is 0 Å². The molecule has 0 atom stereocenters. The first-order valence-electron chi connectivity index (χ1n) is 16.7. The lowest BCUT2D eigenvalue weighted by molar-refractivity contribution is 0.670. The van der Waals surface area contributed by atoms with Gasteiger partial charge in [0.25, 0.3) is 0 Å². The molecule has 2 nitrogen and oxygen atoms in total. The fourth-order valence-electron chi connectivity index (χ4n) is 7.57. The van der Waals surface area contributed by atoms with Crippen molar-refractivity contribution in [2.45, 2.75) is 0 Å². The molecule has 2 aromatic heterocycles. The van der Waals surface area contributed by atoms with E-state index in [2.05, 4.69) is 164 Å². The molecule has 0 N–H and O–H groups in total. The predicted molar refractivity (Wildman–Crippen MR) is 206 cm³/mol. The SMILES string of the molecule is c1ccc(-c2cc(-c3ccccc3)nc(-c3ccc(-c4ccc5c6ccccc6c6ccccc6c5c4)c4c3oc3ccccc34)c2)cc1. The lowest BCUT2D eigenvalue weighted by Crippen LogP contribution is -1.92. The Kier molecular flexibility index (Phi) is 6.22. The molecule has 2 heterocycles. The summed E-state index contributed by atoms with van der Waals surface area (Å²) in [4.78, 5) is 5.27. The molecule has 0 radical (unpaired) electrons. The molecule has 0 saturated heterocycles. The van der Waals surface area contributed by atoms with Gasteiger partial charge in [0.1, 0.15) is 11.2 Å². The average molecular weight is 624 g/mol. The van der Waals surface area contributed by atoms with Crippen LogP contribution in [0.5, 0.6) is 0 Å². The Morgan fingerprint density at radius 3 is 1.55 bits per heavy atom. The van der Waals surface area contributed by atoms with Gasteiger partial charge in [-0.15, -0.1) is 0 Å². The number of pyridine rings is 1. The van der Waals surface area contributed by atoms with Gasteiger partial charge in [0.15, 0.2) is 0 Å². The topological polar surface area (TPSA) is 26.0 Å². The molecule has 49 heavy (non-hydrogen) atoms. The number of fused-ring (bicyclic) bond motifs is 9. The molecule has 0 bridgehead atoms. The van der Waals surface area contributed by atoms with Gasteiger partial charge in [-0.1, -0.05) is 146 Å². The molecule has 0 aliphatic heterocycles. The molecule has 2 heteroatoms. The van der Waals surface area contributed by atoms with Gasteiger partial charge in [-0.2, -0.15) is 0 Å². The summed E-state index contributed by atoms with van der Waals surface area (Å²) >= 11 is 0. The third kappa shape index (κ3) is 4.46. The van der Waals surface area contributed by atoms with Crippen LogP contribution in [0.15, 0.2) is 180 Å². The maximum Gasteiger partial charge on any atom is 0.145 e. The lowest BCUT2D eigenvalue weighted by atomic mass is 9.90. The van der Waals surface area contributed by atoms with E-state index >= 15 is 0 Å². The molecule has 228 valence electrons. The van der Waals surface area contributed by atoms with E-state index < -0.39 is 0 Å². The van der Waals surface area contributed by atoms with E-state index in [0.717, 1.165) is 66.7 Å². The number of benzene rings is 8. The van der Waals surface area contributed by atoms with Crippen LogP contribution in [-0.2, 0) is 0 Å². The molecule has 0 spiro atoms. The quantitative estimate of drug-likeness (QED) is 0.182. The summed E-state index contributed by atoms with van der Waals surface area (Å²) in [6, 6.07) is 62.5. The number of para-hydroxylation sites is 1. The van der Waals surface area contributed by atoms with Gasteiger partial charge < -0.3 is 4.42 Å². The van der Waals surface area contributed by atoms with Crippen molar-refractivity contribution in [2.24, 2.45) is 0 Å². The Morgan fingerprint density at radius 2 is 0.857 bits per heavy atom. The normalized spacial score (nSPS) is 11.7. The summed E-state index contributed by atoms with van der Waals surface area (Å²) in [5, 5.41) is 9.81. The number of nitrogens with zero attached hydrogens (tertiary/aromatic N) is 1. The molecule has 0 fully saturated rings. The van der Waals surface area contributed by atoms with Gasteiger partial charge in [-0.3, -0.25) is 0 Å². The van der Waals surface area contributed by atoms with Crippen LogP contribution >= 0.6 is 0 Å². The standard InChI is InChI=1S/C47H29NO/c1-3-13-30(14-4-1)33-28-43(31-15-5-2-6-16-31)48-44(29-33)40-26-25-34(46-41-21-11-12-22-45(41)49-47(40)46)32-23-24-39-37-19-8-7-17-35(37)36-18-9-10-20-38(36)42(39)27-32/h1-29H. The summed E-state index contributed by atoms with van der Waals surface area (Å²) in [6.45, 7) is 0. The minimum Gasteiger partial charge on any atom is -0.455 e. The summed E-state index contributed by atoms with van der Waals surface area (Å²) in [5.74, 6) is 0. The van der Waals surface area contributed by atoms with E-state index in [9.17, 15) is 0 Å². The van der Waals surface area contributed by atoms with Crippen LogP contribution in [0.3, 0.4) is 0 Å². The first-order valence-corrected chi connectivity index (χ1v) is 16.7. The molecular weight excluding hydrogens is 595 g/mol. The summed E-state index contributed by atoms with van der Waals surface area (Å²) in [7, 11) is 0. The molecule has 0 aliphatic rings. The minimum atomic E-state index is 0.846. The van der Waals surface area contributed by atoms with Crippen molar-refractivity contribution in [3.05, 3.63) is 176 Å². The van der Waals surface area contributed by atoms with Crippen LogP contribution in [0.25, 0.3) is 99.0 Å². The molecule has 10 aromatic rings. The fraction of sp³-hybridized carbons (Fsp3) is 0. The van der Waals surface area contributed by atoms with Crippen LogP contribution in [0.2, 0.25) is 0 Å². The van der Waals surface area contributed by atoms with E-state index in [1.165, 1.54) is 32.3 Å². The Labute approximate surface area is 283 Å². The van der Waals surface area contributed by atoms with Gasteiger partial charge in [-0.25, -0.2) is 4.98 Å². The van der Waals surface area contributed by atoms with Crippen LogP contribution < -0.4 is 0 Å². The molecule has 0 saturated carbocycles. The van der Waals surface area contributed by atoms with Gasteiger partial charge in [-0.05, 0) is 84.9 Å². The fourth-order valence-corrected chi connectivity index (χ4v) is 7.57. The van der Waals surface area contributed by atoms with E-state index in [4.69, 9.17) is 9.40 Å². The molecule has 10 rings (SSSR count). The third-order valence-electron chi connectivity index (χ3n) is 9.86. The highest BCUT2D eigenvalue weighted by atomic mass is 16.3. The van der Waals surface area contributed by atoms with Crippen LogP contribution in [-0.4, -0.2) is 4.98 Å². The Bertz CT molecular complexity index is 2770. The zero-order chi connectivity index (χ0) is 32.3. The summed E-state index contributed by atoms with van der Waals surface area (Å²) in [5.41, 5.74) is 10.1. The van der Waals surface area contributed by atoms with Gasteiger partial charge in [0, 0.05) is 21.9 Å². The second-order valence-corrected chi connectivity index (χ2v) is 12.7. The molecular formula is C47H29NO. The van der Waals surface area contributed by atoms with Crippen molar-refractivity contribution in [1.82, 2.24) is 4.98 Å². The van der Waals surface area contributed by atoms with E-state index in [-0.39, 0.29) is 0 Å². The first-order chi connectivity index (χ1) is 24.3. The van der Waals surface area contributed by atoms with Crippen molar-refractivity contribution in [2.75, 3.05) is 0 Å². The highest BCUT2D eigenvalue weighted by molar-refractivity contribution is 6.26. The largest absolute Gasteiger partial charge is 0.455 e. The smallest absolute Gasteiger partial charge is 0.145 e. The monoisotopic (exact) mass is 623 g/mol. The van der Waals surface area contributed by atoms with Crippen LogP contribution in [0.4, 0.5) is 0 Å². The summed E-state index contributed by atoms with van der Waals surface area (Å²) in [6.07, 6.45) is 0. The number of hydrogen-bond donors (Lipinski definition) is 0. The molecule has 8 aromatic carbocycles. The number of aromatic nitrogens is 1. The number of furan rings is 1. The predicted octanol–water partition coefficient (Wildman–Crippen LogP) is 13.1. The maximum atomic E-state index is 6.77. The first kappa shape index (κ1) is 27.6. The minimum absolute atomic E-state index is 0.846. The van der Waals surface area contributed by atoms with E-state index in [1.807, 2.05) is 12.1 Å². The molecule has 0 amide bonds. The number of hydrogen-bond acceptors (Lipinski definition) is 2. The second kappa shape index (κ2) is 11.0. The van der Waals surface area contributed by atoms with Crippen molar-refractivity contribution < 1.29 is 4.42 Å². The average Bonchev–Trinajstić information content (AvgIpc) is 3.58. The maximum absolute atomic E-state index is 6.77. The van der Waals surface area contributed by atoms with Gasteiger partial charge in [0.05, 0.1) is 11.4 Å². The van der Waals surface area contributed by atoms with Crippen molar-refractivity contribution in [1.29, 1.82) is 0 Å². The summed E-state index contributed by atoms with van der Waals surface area (Å²) < 4.78 is 6.77. The van der Waals surface area contributed by atoms with E-state index in [0.29, 0.717) is 0 Å². The van der Waals surface area contributed by atoms with Crippen molar-refractivity contribution in [3.8, 4) is 44.8 Å². The molecule has 0 unspecified atom stereocenters. The Hall–Kier alpha value is -6.51. The second-order valence-electron chi connectivity index (χ2n) is 12.7. The molecule has 0 aliphatic carbocycles. The Balaban J connectivity index is 1.24. The third-order valence-corrected chi connectivity index (χ3v) is 9.86. The van der Waals surface area contributed by atoms with Crippen molar-refractivity contribution in [3.63, 3.8) is 0 Å². The number of rotatable bonds is 4.